The molecular formula is C11H19NO7. The molecule has 0 aromatic carbocycles. The molecule has 0 rings (SSSR count). The normalized spacial score (nSPS) is 13.4. The first kappa shape index (κ1) is 17.3. The van der Waals surface area contributed by atoms with Gasteiger partial charge in [-0.15, -0.1) is 0 Å². The van der Waals surface area contributed by atoms with Crippen LogP contribution in [0.1, 0.15) is 33.1 Å². The summed E-state index contributed by atoms with van der Waals surface area (Å²) in [5.74, 6) is -1.52. The number of nitrogens with zero attached hydrogens (tertiary/aromatic N) is 1. The number of aliphatic hydroxyl groups is 1. The molecule has 1 atom stereocenters. The van der Waals surface area contributed by atoms with E-state index in [9.17, 15) is 24.8 Å². The standard InChI is InChI=1S/C11H19NO7/c1-3-18-9(13)6-5-7-11(15,8-12(16)17)10(14)19-4-2/h15H,3-8H2,1-2H3. The van der Waals surface area contributed by atoms with Crippen LogP contribution in [-0.4, -0.2) is 47.3 Å². The van der Waals surface area contributed by atoms with Gasteiger partial charge in [0.25, 0.3) is 0 Å². The Hall–Kier alpha value is -1.70. The van der Waals surface area contributed by atoms with Crippen LogP contribution in [0.25, 0.3) is 0 Å². The van der Waals surface area contributed by atoms with Crippen LogP contribution >= 0.6 is 0 Å². The van der Waals surface area contributed by atoms with Crippen LogP contribution in [0.3, 0.4) is 0 Å². The Morgan fingerprint density at radius 1 is 1.26 bits per heavy atom. The van der Waals surface area contributed by atoms with E-state index in [-0.39, 0.29) is 32.5 Å². The third-order valence-corrected chi connectivity index (χ3v) is 2.32. The van der Waals surface area contributed by atoms with Gasteiger partial charge in [0.15, 0.2) is 0 Å². The minimum absolute atomic E-state index is 0.0106. The maximum atomic E-state index is 11.5. The summed E-state index contributed by atoms with van der Waals surface area (Å²) in [7, 11) is 0. The SMILES string of the molecule is CCOC(=O)CCCC(O)(C[N+](=O)[O-])C(=O)OCC. The van der Waals surface area contributed by atoms with Crippen molar-refractivity contribution in [3.63, 3.8) is 0 Å². The fourth-order valence-corrected chi connectivity index (χ4v) is 1.48. The highest BCUT2D eigenvalue weighted by molar-refractivity contribution is 5.79. The van der Waals surface area contributed by atoms with Crippen molar-refractivity contribution in [2.45, 2.75) is 38.7 Å². The molecule has 0 saturated heterocycles. The molecule has 0 aromatic heterocycles. The van der Waals surface area contributed by atoms with Gasteiger partial charge in [0.05, 0.1) is 13.2 Å². The van der Waals surface area contributed by atoms with Crippen molar-refractivity contribution in [2.24, 2.45) is 0 Å². The van der Waals surface area contributed by atoms with Gasteiger partial charge in [-0.3, -0.25) is 14.9 Å². The van der Waals surface area contributed by atoms with Gasteiger partial charge in [-0.05, 0) is 26.7 Å². The van der Waals surface area contributed by atoms with E-state index >= 15 is 0 Å². The Kier molecular flexibility index (Phi) is 7.66. The molecule has 0 bridgehead atoms. The second-order valence-electron chi connectivity index (χ2n) is 3.90. The average molecular weight is 277 g/mol. The van der Waals surface area contributed by atoms with Crippen LogP contribution < -0.4 is 0 Å². The fourth-order valence-electron chi connectivity index (χ4n) is 1.48. The fraction of sp³-hybridized carbons (Fsp3) is 0.818. The summed E-state index contributed by atoms with van der Waals surface area (Å²) < 4.78 is 9.28. The second-order valence-corrected chi connectivity index (χ2v) is 3.90. The topological polar surface area (TPSA) is 116 Å². The molecule has 0 aliphatic carbocycles. The molecule has 0 amide bonds. The molecule has 8 nitrogen and oxygen atoms in total. The van der Waals surface area contributed by atoms with E-state index in [1.165, 1.54) is 6.92 Å². The zero-order chi connectivity index (χ0) is 14.9. The van der Waals surface area contributed by atoms with Crippen molar-refractivity contribution in [1.82, 2.24) is 0 Å². The van der Waals surface area contributed by atoms with Crippen LogP contribution in [-0.2, 0) is 19.1 Å². The molecule has 0 radical (unpaired) electrons. The average Bonchev–Trinajstić information content (AvgIpc) is 2.28. The Morgan fingerprint density at radius 3 is 2.32 bits per heavy atom. The third kappa shape index (κ3) is 6.70. The lowest BCUT2D eigenvalue weighted by molar-refractivity contribution is -0.497. The number of ether oxygens (including phenoxy) is 2. The monoisotopic (exact) mass is 277 g/mol. The number of hydrogen-bond donors (Lipinski definition) is 1. The minimum atomic E-state index is -2.20. The summed E-state index contributed by atoms with van der Waals surface area (Å²) in [4.78, 5) is 32.3. The van der Waals surface area contributed by atoms with Crippen molar-refractivity contribution < 1.29 is 29.1 Å². The van der Waals surface area contributed by atoms with Crippen LogP contribution in [0.5, 0.6) is 0 Å². The maximum Gasteiger partial charge on any atom is 0.345 e. The molecule has 0 spiro atoms. The first-order valence-corrected chi connectivity index (χ1v) is 6.02. The van der Waals surface area contributed by atoms with Gasteiger partial charge in [-0.2, -0.15) is 0 Å². The highest BCUT2D eigenvalue weighted by Gasteiger charge is 2.42. The largest absolute Gasteiger partial charge is 0.466 e. The molecule has 0 aromatic rings. The Balaban J connectivity index is 4.46. The van der Waals surface area contributed by atoms with E-state index in [2.05, 4.69) is 9.47 Å². The number of carbonyl (C=O) groups is 2. The Labute approximate surface area is 110 Å². The zero-order valence-electron chi connectivity index (χ0n) is 11.1. The number of hydrogen-bond acceptors (Lipinski definition) is 7. The van der Waals surface area contributed by atoms with Gasteiger partial charge in [0.1, 0.15) is 0 Å². The third-order valence-electron chi connectivity index (χ3n) is 2.32. The quantitative estimate of drug-likeness (QED) is 0.366. The molecular weight excluding hydrogens is 258 g/mol. The van der Waals surface area contributed by atoms with Gasteiger partial charge in [0, 0.05) is 11.3 Å². The van der Waals surface area contributed by atoms with Crippen LogP contribution in [0.4, 0.5) is 0 Å². The maximum absolute atomic E-state index is 11.5. The van der Waals surface area contributed by atoms with Crippen LogP contribution in [0, 0.1) is 10.1 Å². The van der Waals surface area contributed by atoms with E-state index in [1.807, 2.05) is 0 Å². The van der Waals surface area contributed by atoms with Crippen molar-refractivity contribution in [1.29, 1.82) is 0 Å². The minimum Gasteiger partial charge on any atom is -0.466 e. The first-order valence-electron chi connectivity index (χ1n) is 6.02. The summed E-state index contributed by atoms with van der Waals surface area (Å²) in [5.41, 5.74) is -2.20. The summed E-state index contributed by atoms with van der Waals surface area (Å²) in [6.07, 6.45) is -0.152. The first-order chi connectivity index (χ1) is 8.85. The number of rotatable bonds is 9. The van der Waals surface area contributed by atoms with Gasteiger partial charge < -0.3 is 14.6 Å². The molecule has 0 saturated carbocycles. The summed E-state index contributed by atoms with van der Waals surface area (Å²) >= 11 is 0. The molecule has 1 N–H and O–H groups in total. The Morgan fingerprint density at radius 2 is 1.84 bits per heavy atom. The molecule has 1 unspecified atom stereocenters. The molecule has 0 aliphatic rings. The van der Waals surface area contributed by atoms with E-state index in [0.29, 0.717) is 0 Å². The van der Waals surface area contributed by atoms with Gasteiger partial charge in [-0.25, -0.2) is 4.79 Å². The van der Waals surface area contributed by atoms with Gasteiger partial charge >= 0.3 is 11.9 Å². The van der Waals surface area contributed by atoms with Gasteiger partial charge in [0.2, 0.25) is 12.1 Å². The highest BCUT2D eigenvalue weighted by Crippen LogP contribution is 2.17. The predicted molar refractivity (Wildman–Crippen MR) is 63.9 cm³/mol. The highest BCUT2D eigenvalue weighted by atomic mass is 16.6. The second kappa shape index (κ2) is 8.41. The summed E-state index contributed by atoms with van der Waals surface area (Å²) in [6, 6.07) is 0. The number of carbonyl (C=O) groups excluding carboxylic acids is 2. The van der Waals surface area contributed by atoms with E-state index in [0.717, 1.165) is 0 Å². The number of esters is 2. The predicted octanol–water partition coefficient (Wildman–Crippen LogP) is 0.291. The molecule has 110 valence electrons. The lowest BCUT2D eigenvalue weighted by atomic mass is 9.97. The lowest BCUT2D eigenvalue weighted by Crippen LogP contribution is -2.46. The molecule has 19 heavy (non-hydrogen) atoms. The van der Waals surface area contributed by atoms with Crippen molar-refractivity contribution in [3.05, 3.63) is 10.1 Å². The molecule has 0 heterocycles. The van der Waals surface area contributed by atoms with E-state index in [1.54, 1.807) is 6.92 Å². The van der Waals surface area contributed by atoms with Crippen molar-refractivity contribution >= 4 is 11.9 Å². The Bertz CT molecular complexity index is 331. The lowest BCUT2D eigenvalue weighted by Gasteiger charge is -2.21. The van der Waals surface area contributed by atoms with E-state index < -0.39 is 29.0 Å². The van der Waals surface area contributed by atoms with Crippen molar-refractivity contribution in [3.8, 4) is 0 Å². The van der Waals surface area contributed by atoms with E-state index in [4.69, 9.17) is 0 Å². The smallest absolute Gasteiger partial charge is 0.345 e. The van der Waals surface area contributed by atoms with Crippen LogP contribution in [0.2, 0.25) is 0 Å². The molecule has 0 aliphatic heterocycles. The molecule has 8 heteroatoms. The van der Waals surface area contributed by atoms with Gasteiger partial charge in [-0.1, -0.05) is 0 Å². The summed E-state index contributed by atoms with van der Waals surface area (Å²) in [6.45, 7) is 2.48. The molecule has 0 fully saturated rings. The van der Waals surface area contributed by atoms with Crippen molar-refractivity contribution in [2.75, 3.05) is 19.8 Å². The van der Waals surface area contributed by atoms with Crippen LogP contribution in [0.15, 0.2) is 0 Å². The zero-order valence-corrected chi connectivity index (χ0v) is 11.1. The number of nitro groups is 1. The summed E-state index contributed by atoms with van der Waals surface area (Å²) in [5, 5.41) is 20.4.